The summed E-state index contributed by atoms with van der Waals surface area (Å²) in [6.07, 6.45) is 2.24. The van der Waals surface area contributed by atoms with Crippen LogP contribution in [0.3, 0.4) is 0 Å². The van der Waals surface area contributed by atoms with Crippen molar-refractivity contribution in [2.24, 2.45) is 0 Å². The maximum atomic E-state index is 6.08. The average Bonchev–Trinajstić information content (AvgIpc) is 2.30. The normalized spacial score (nSPS) is 25.1. The Morgan fingerprint density at radius 3 is 2.62 bits per heavy atom. The summed E-state index contributed by atoms with van der Waals surface area (Å²) in [5.41, 5.74) is -0.118. The number of piperidine rings is 1. The van der Waals surface area contributed by atoms with Crippen molar-refractivity contribution in [2.45, 2.75) is 25.4 Å². The van der Waals surface area contributed by atoms with Gasteiger partial charge in [0.15, 0.2) is 11.5 Å². The van der Waals surface area contributed by atoms with Crippen LogP contribution in [0.5, 0.6) is 11.5 Å². The molecule has 0 spiro atoms. The maximum absolute atomic E-state index is 6.08. The van der Waals surface area contributed by atoms with Crippen molar-refractivity contribution >= 4 is 0 Å². The third kappa shape index (κ3) is 2.47. The number of para-hydroxylation sites is 2. The summed E-state index contributed by atoms with van der Waals surface area (Å²) < 4.78 is 11.4. The summed E-state index contributed by atoms with van der Waals surface area (Å²) in [4.78, 5) is 0. The summed E-state index contributed by atoms with van der Waals surface area (Å²) in [5, 5.41) is 3.37. The molecule has 1 N–H and O–H groups in total. The first-order valence-electron chi connectivity index (χ1n) is 5.76. The minimum absolute atomic E-state index is 0.118. The molecular formula is C13H19NO2. The Hall–Kier alpha value is -1.22. The number of rotatable bonds is 3. The number of ether oxygens (including phenoxy) is 2. The summed E-state index contributed by atoms with van der Waals surface area (Å²) in [6, 6.07) is 7.80. The summed E-state index contributed by atoms with van der Waals surface area (Å²) in [7, 11) is 1.67. The number of hydrogen-bond donors (Lipinski definition) is 1. The molecule has 3 nitrogen and oxygen atoms in total. The van der Waals surface area contributed by atoms with Gasteiger partial charge in [-0.1, -0.05) is 12.1 Å². The first-order chi connectivity index (χ1) is 7.73. The second-order valence-corrected chi connectivity index (χ2v) is 4.48. The van der Waals surface area contributed by atoms with E-state index < -0.39 is 0 Å². The van der Waals surface area contributed by atoms with Gasteiger partial charge in [0, 0.05) is 6.54 Å². The zero-order valence-corrected chi connectivity index (χ0v) is 9.95. The van der Waals surface area contributed by atoms with Crippen molar-refractivity contribution in [1.82, 2.24) is 5.32 Å². The van der Waals surface area contributed by atoms with Gasteiger partial charge in [0.2, 0.25) is 0 Å². The highest BCUT2D eigenvalue weighted by Gasteiger charge is 2.29. The molecule has 1 aromatic rings. The van der Waals surface area contributed by atoms with Gasteiger partial charge in [-0.25, -0.2) is 0 Å². The van der Waals surface area contributed by atoms with E-state index in [2.05, 4.69) is 12.2 Å². The van der Waals surface area contributed by atoms with Crippen LogP contribution in [0.15, 0.2) is 24.3 Å². The van der Waals surface area contributed by atoms with E-state index in [4.69, 9.17) is 9.47 Å². The fourth-order valence-corrected chi connectivity index (χ4v) is 2.08. The fourth-order valence-electron chi connectivity index (χ4n) is 2.08. The van der Waals surface area contributed by atoms with Crippen molar-refractivity contribution in [3.8, 4) is 11.5 Å². The molecule has 0 amide bonds. The number of benzene rings is 1. The second-order valence-electron chi connectivity index (χ2n) is 4.48. The Kier molecular flexibility index (Phi) is 3.34. The van der Waals surface area contributed by atoms with Gasteiger partial charge in [0.25, 0.3) is 0 Å². The SMILES string of the molecule is COc1ccccc1OC1(C)CCCNC1. The third-order valence-electron chi connectivity index (χ3n) is 2.98. The molecule has 0 bridgehead atoms. The van der Waals surface area contributed by atoms with Gasteiger partial charge in [-0.15, -0.1) is 0 Å². The van der Waals surface area contributed by atoms with E-state index in [0.717, 1.165) is 37.4 Å². The van der Waals surface area contributed by atoms with Crippen LogP contribution >= 0.6 is 0 Å². The number of hydrogen-bond acceptors (Lipinski definition) is 3. The molecule has 88 valence electrons. The predicted octanol–water partition coefficient (Wildman–Crippen LogP) is 2.22. The van der Waals surface area contributed by atoms with Crippen LogP contribution in [0.1, 0.15) is 19.8 Å². The van der Waals surface area contributed by atoms with Gasteiger partial charge >= 0.3 is 0 Å². The lowest BCUT2D eigenvalue weighted by atomic mass is 9.96. The Labute approximate surface area is 96.8 Å². The van der Waals surface area contributed by atoms with E-state index in [-0.39, 0.29) is 5.60 Å². The molecule has 2 rings (SSSR count). The van der Waals surface area contributed by atoms with Gasteiger partial charge in [-0.2, -0.15) is 0 Å². The highest BCUT2D eigenvalue weighted by atomic mass is 16.5. The molecular weight excluding hydrogens is 202 g/mol. The Morgan fingerprint density at radius 2 is 2.00 bits per heavy atom. The molecule has 1 unspecified atom stereocenters. The molecule has 1 saturated heterocycles. The minimum Gasteiger partial charge on any atom is -0.493 e. The zero-order valence-electron chi connectivity index (χ0n) is 9.95. The molecule has 1 aromatic carbocycles. The molecule has 3 heteroatoms. The van der Waals surface area contributed by atoms with Crippen LogP contribution in [-0.2, 0) is 0 Å². The lowest BCUT2D eigenvalue weighted by Crippen LogP contribution is -2.47. The van der Waals surface area contributed by atoms with E-state index in [9.17, 15) is 0 Å². The standard InChI is InChI=1S/C13H19NO2/c1-13(8-5-9-14-10-13)16-12-7-4-3-6-11(12)15-2/h3-4,6-7,14H,5,8-10H2,1-2H3. The molecule has 16 heavy (non-hydrogen) atoms. The van der Waals surface area contributed by atoms with Crippen LogP contribution in [0.2, 0.25) is 0 Å². The fraction of sp³-hybridized carbons (Fsp3) is 0.538. The van der Waals surface area contributed by atoms with Crippen LogP contribution in [0.4, 0.5) is 0 Å². The highest BCUT2D eigenvalue weighted by molar-refractivity contribution is 5.39. The van der Waals surface area contributed by atoms with Crippen molar-refractivity contribution in [1.29, 1.82) is 0 Å². The van der Waals surface area contributed by atoms with E-state index in [0.29, 0.717) is 0 Å². The van der Waals surface area contributed by atoms with Crippen LogP contribution in [-0.4, -0.2) is 25.8 Å². The predicted molar refractivity (Wildman–Crippen MR) is 64.1 cm³/mol. The number of nitrogens with one attached hydrogen (secondary N) is 1. The topological polar surface area (TPSA) is 30.5 Å². The van der Waals surface area contributed by atoms with Gasteiger partial charge in [-0.05, 0) is 38.4 Å². The van der Waals surface area contributed by atoms with Crippen molar-refractivity contribution in [2.75, 3.05) is 20.2 Å². The van der Waals surface area contributed by atoms with Crippen molar-refractivity contribution in [3.05, 3.63) is 24.3 Å². The smallest absolute Gasteiger partial charge is 0.162 e. The molecule has 1 aliphatic heterocycles. The lowest BCUT2D eigenvalue weighted by molar-refractivity contribution is 0.0585. The van der Waals surface area contributed by atoms with Crippen LogP contribution in [0, 0.1) is 0 Å². The van der Waals surface area contributed by atoms with Gasteiger partial charge in [0.1, 0.15) is 5.60 Å². The molecule has 1 fully saturated rings. The quantitative estimate of drug-likeness (QED) is 0.849. The van der Waals surface area contributed by atoms with E-state index in [1.165, 1.54) is 0 Å². The van der Waals surface area contributed by atoms with E-state index in [1.807, 2.05) is 24.3 Å². The van der Waals surface area contributed by atoms with Crippen molar-refractivity contribution < 1.29 is 9.47 Å². The van der Waals surface area contributed by atoms with Crippen LogP contribution in [0.25, 0.3) is 0 Å². The largest absolute Gasteiger partial charge is 0.493 e. The number of methoxy groups -OCH3 is 1. The van der Waals surface area contributed by atoms with Gasteiger partial charge in [-0.3, -0.25) is 0 Å². The summed E-state index contributed by atoms with van der Waals surface area (Å²) in [6.45, 7) is 4.13. The molecule has 0 aromatic heterocycles. The maximum Gasteiger partial charge on any atom is 0.162 e. The average molecular weight is 221 g/mol. The Bertz CT molecular complexity index is 346. The molecule has 0 saturated carbocycles. The van der Waals surface area contributed by atoms with E-state index >= 15 is 0 Å². The van der Waals surface area contributed by atoms with Crippen molar-refractivity contribution in [3.63, 3.8) is 0 Å². The first kappa shape index (κ1) is 11.3. The Balaban J connectivity index is 2.12. The minimum atomic E-state index is -0.118. The molecule has 1 aliphatic rings. The molecule has 1 heterocycles. The highest BCUT2D eigenvalue weighted by Crippen LogP contribution is 2.31. The third-order valence-corrected chi connectivity index (χ3v) is 2.98. The van der Waals surface area contributed by atoms with Crippen LogP contribution < -0.4 is 14.8 Å². The Morgan fingerprint density at radius 1 is 1.25 bits per heavy atom. The summed E-state index contributed by atoms with van der Waals surface area (Å²) >= 11 is 0. The van der Waals surface area contributed by atoms with Gasteiger partial charge in [0.05, 0.1) is 7.11 Å². The summed E-state index contributed by atoms with van der Waals surface area (Å²) in [5.74, 6) is 1.63. The van der Waals surface area contributed by atoms with Gasteiger partial charge < -0.3 is 14.8 Å². The van der Waals surface area contributed by atoms with E-state index in [1.54, 1.807) is 7.11 Å². The monoisotopic (exact) mass is 221 g/mol. The molecule has 0 aliphatic carbocycles. The zero-order chi connectivity index (χ0) is 11.4. The lowest BCUT2D eigenvalue weighted by Gasteiger charge is -2.35. The second kappa shape index (κ2) is 4.74. The molecule has 0 radical (unpaired) electrons. The first-order valence-corrected chi connectivity index (χ1v) is 5.76. The molecule has 1 atom stereocenters.